The van der Waals surface area contributed by atoms with E-state index < -0.39 is 0 Å². The Morgan fingerprint density at radius 2 is 0.812 bits per heavy atom. The van der Waals surface area contributed by atoms with E-state index in [0.29, 0.717) is 0 Å². The first kappa shape index (κ1) is 42.9. The first-order chi connectivity index (χ1) is 30.3. The van der Waals surface area contributed by atoms with Crippen molar-refractivity contribution >= 4 is 49.8 Å². The molecular formula is C62H63NO. The monoisotopic (exact) mass is 837 g/mol. The second kappa shape index (κ2) is 15.7. The second-order valence-electron chi connectivity index (χ2n) is 22.0. The highest BCUT2D eigenvalue weighted by Crippen LogP contribution is 2.49. The van der Waals surface area contributed by atoms with Gasteiger partial charge in [-0.05, 0) is 119 Å². The van der Waals surface area contributed by atoms with Crippen LogP contribution in [0.25, 0.3) is 66.1 Å². The zero-order chi connectivity index (χ0) is 45.3. The summed E-state index contributed by atoms with van der Waals surface area (Å²) in [4.78, 5) is 2.53. The minimum absolute atomic E-state index is 0.00729. The topological polar surface area (TPSA) is 16.4 Å². The van der Waals surface area contributed by atoms with Crippen LogP contribution in [0.15, 0.2) is 168 Å². The van der Waals surface area contributed by atoms with Gasteiger partial charge in [-0.2, -0.15) is 0 Å². The minimum atomic E-state index is -0.0773. The minimum Gasteiger partial charge on any atom is -0.456 e. The van der Waals surface area contributed by atoms with E-state index in [4.69, 9.17) is 4.42 Å². The van der Waals surface area contributed by atoms with Gasteiger partial charge in [0.1, 0.15) is 11.2 Å². The highest BCUT2D eigenvalue weighted by atomic mass is 16.3. The van der Waals surface area contributed by atoms with Crippen molar-refractivity contribution in [2.75, 3.05) is 4.90 Å². The van der Waals surface area contributed by atoms with E-state index in [-0.39, 0.29) is 21.7 Å². The summed E-state index contributed by atoms with van der Waals surface area (Å²) in [5.74, 6) is 0. The normalized spacial score (nSPS) is 12.7. The Bertz CT molecular complexity index is 3130. The van der Waals surface area contributed by atoms with Crippen LogP contribution in [0.2, 0.25) is 0 Å². The number of nitrogens with zero attached hydrogens (tertiary/aromatic N) is 1. The van der Waals surface area contributed by atoms with E-state index in [9.17, 15) is 0 Å². The van der Waals surface area contributed by atoms with Crippen LogP contribution in [0.5, 0.6) is 0 Å². The maximum Gasteiger partial charge on any atom is 0.135 e. The van der Waals surface area contributed by atoms with E-state index in [1.54, 1.807) is 0 Å². The maximum atomic E-state index is 6.33. The molecule has 0 amide bonds. The molecule has 0 fully saturated rings. The molecule has 1 heterocycles. The van der Waals surface area contributed by atoms with Gasteiger partial charge in [0.2, 0.25) is 0 Å². The first-order valence-corrected chi connectivity index (χ1v) is 23.0. The van der Waals surface area contributed by atoms with Crippen molar-refractivity contribution in [1.29, 1.82) is 0 Å². The van der Waals surface area contributed by atoms with Crippen LogP contribution >= 0.6 is 0 Å². The van der Waals surface area contributed by atoms with Gasteiger partial charge in [-0.25, -0.2) is 0 Å². The molecule has 1 aromatic heterocycles. The Morgan fingerprint density at radius 3 is 1.41 bits per heavy atom. The molecule has 9 rings (SSSR count). The number of hydrogen-bond donors (Lipinski definition) is 0. The lowest BCUT2D eigenvalue weighted by atomic mass is 9.78. The molecule has 322 valence electrons. The fourth-order valence-electron chi connectivity index (χ4n) is 9.17. The van der Waals surface area contributed by atoms with Gasteiger partial charge in [0.15, 0.2) is 0 Å². The van der Waals surface area contributed by atoms with Gasteiger partial charge in [-0.1, -0.05) is 204 Å². The quantitative estimate of drug-likeness (QED) is 0.166. The third-order valence-electron chi connectivity index (χ3n) is 13.1. The highest BCUT2D eigenvalue weighted by molar-refractivity contribution is 6.10. The zero-order valence-electron chi connectivity index (χ0n) is 39.9. The van der Waals surface area contributed by atoms with Crippen LogP contribution in [0, 0.1) is 0 Å². The molecule has 8 aromatic carbocycles. The second-order valence-corrected chi connectivity index (χ2v) is 22.0. The molecule has 0 radical (unpaired) electrons. The summed E-state index contributed by atoms with van der Waals surface area (Å²) >= 11 is 0. The van der Waals surface area contributed by atoms with Crippen LogP contribution in [0.3, 0.4) is 0 Å². The number of rotatable bonds is 6. The van der Waals surface area contributed by atoms with Crippen molar-refractivity contribution in [2.45, 2.75) is 105 Å². The first-order valence-electron chi connectivity index (χ1n) is 23.0. The Hall–Kier alpha value is -6.38. The average molecular weight is 838 g/mol. The van der Waals surface area contributed by atoms with Crippen molar-refractivity contribution in [2.24, 2.45) is 0 Å². The largest absolute Gasteiger partial charge is 0.456 e. The predicted octanol–water partition coefficient (Wildman–Crippen LogP) is 18.4. The number of furan rings is 1. The molecule has 0 aliphatic heterocycles. The van der Waals surface area contributed by atoms with E-state index in [1.165, 1.54) is 55.3 Å². The van der Waals surface area contributed by atoms with E-state index >= 15 is 0 Å². The summed E-state index contributed by atoms with van der Waals surface area (Å²) in [6.45, 7) is 27.9. The van der Waals surface area contributed by atoms with Crippen LogP contribution in [0.1, 0.15) is 105 Å². The van der Waals surface area contributed by atoms with E-state index in [1.807, 2.05) is 6.07 Å². The van der Waals surface area contributed by atoms with Gasteiger partial charge in [-0.3, -0.25) is 0 Å². The summed E-state index contributed by atoms with van der Waals surface area (Å²) in [5.41, 5.74) is 17.5. The summed E-state index contributed by atoms with van der Waals surface area (Å²) in [7, 11) is 0. The summed E-state index contributed by atoms with van der Waals surface area (Å²) in [5, 5.41) is 4.72. The molecule has 2 nitrogen and oxygen atoms in total. The lowest BCUT2D eigenvalue weighted by molar-refractivity contribution is 0.568. The third kappa shape index (κ3) is 8.04. The molecular weight excluding hydrogens is 775 g/mol. The van der Waals surface area contributed by atoms with Crippen molar-refractivity contribution in [3.05, 3.63) is 186 Å². The third-order valence-corrected chi connectivity index (χ3v) is 13.1. The number of hydrogen-bond acceptors (Lipinski definition) is 2. The van der Waals surface area contributed by atoms with Gasteiger partial charge in [0, 0.05) is 27.6 Å². The predicted molar refractivity (Wildman–Crippen MR) is 277 cm³/mol. The van der Waals surface area contributed by atoms with Crippen molar-refractivity contribution < 1.29 is 4.42 Å². The zero-order valence-corrected chi connectivity index (χ0v) is 39.9. The van der Waals surface area contributed by atoms with Crippen molar-refractivity contribution in [3.63, 3.8) is 0 Å². The lowest BCUT2D eigenvalue weighted by Crippen LogP contribution is -2.19. The average Bonchev–Trinajstić information content (AvgIpc) is 3.63. The molecule has 0 saturated carbocycles. The van der Waals surface area contributed by atoms with Gasteiger partial charge in [-0.15, -0.1) is 0 Å². The van der Waals surface area contributed by atoms with Gasteiger partial charge in [0.25, 0.3) is 0 Å². The smallest absolute Gasteiger partial charge is 0.135 e. The van der Waals surface area contributed by atoms with Crippen molar-refractivity contribution in [1.82, 2.24) is 0 Å². The lowest BCUT2D eigenvalue weighted by Gasteiger charge is -2.33. The summed E-state index contributed by atoms with van der Waals surface area (Å²) in [6.07, 6.45) is 0. The molecule has 0 aliphatic rings. The summed E-state index contributed by atoms with van der Waals surface area (Å²) < 4.78 is 6.33. The Morgan fingerprint density at radius 1 is 0.344 bits per heavy atom. The fraction of sp³-hybridized carbons (Fsp3) is 0.258. The Kier molecular flexibility index (Phi) is 10.5. The number of para-hydroxylation sites is 3. The molecule has 64 heavy (non-hydrogen) atoms. The molecule has 2 heteroatoms. The Balaban J connectivity index is 1.35. The van der Waals surface area contributed by atoms with E-state index in [0.717, 1.165) is 50.1 Å². The van der Waals surface area contributed by atoms with Crippen LogP contribution in [-0.2, 0) is 21.7 Å². The molecule has 0 bridgehead atoms. The molecule has 0 N–H and O–H groups in total. The number of benzene rings is 8. The van der Waals surface area contributed by atoms with Crippen LogP contribution in [-0.4, -0.2) is 0 Å². The number of anilines is 3. The molecule has 0 spiro atoms. The van der Waals surface area contributed by atoms with Crippen molar-refractivity contribution in [3.8, 4) is 33.4 Å². The number of fused-ring (bicyclic) bond motifs is 4. The molecule has 0 atom stereocenters. The summed E-state index contributed by atoms with van der Waals surface area (Å²) in [6, 6.07) is 61.2. The van der Waals surface area contributed by atoms with Gasteiger partial charge >= 0.3 is 0 Å². The van der Waals surface area contributed by atoms with Crippen LogP contribution < -0.4 is 4.90 Å². The van der Waals surface area contributed by atoms with Gasteiger partial charge < -0.3 is 9.32 Å². The standard InChI is InChI=1S/C62H63NO/c1-59(2,3)43-33-42(34-44(36-43)60(4,5)6)49-26-19-21-40-22-20-27-52(58(40)49)50-24-14-17-29-55(50)63(47-38-45(61(7,8)9)37-46(39-47)62(10,11)12)54-28-16-13-23-48(54)41-31-32-57-53(35-41)51-25-15-18-30-56(51)64-57/h13-39H,1-12H3. The van der Waals surface area contributed by atoms with Gasteiger partial charge in [0.05, 0.1) is 11.4 Å². The molecule has 9 aromatic rings. The SMILES string of the molecule is CC(C)(C)c1cc(-c2cccc3cccc(-c4ccccc4N(c4cc(C(C)(C)C)cc(C(C)(C)C)c4)c4ccccc4-c4ccc5oc6ccccc6c5c4)c23)cc(C(C)(C)C)c1. The fourth-order valence-corrected chi connectivity index (χ4v) is 9.17. The van der Waals surface area contributed by atoms with E-state index in [2.05, 4.69) is 246 Å². The molecule has 0 saturated heterocycles. The Labute approximate surface area is 381 Å². The molecule has 0 unspecified atom stereocenters. The molecule has 0 aliphatic carbocycles. The van der Waals surface area contributed by atoms with Crippen LogP contribution in [0.4, 0.5) is 17.1 Å². The maximum absolute atomic E-state index is 6.33. The highest BCUT2D eigenvalue weighted by Gasteiger charge is 2.28.